The van der Waals surface area contributed by atoms with Crippen LogP contribution in [0.4, 0.5) is 0 Å². The van der Waals surface area contributed by atoms with Crippen LogP contribution in [0.25, 0.3) is 0 Å². The molecule has 0 aromatic heterocycles. The third-order valence-corrected chi connectivity index (χ3v) is 1.95. The Kier molecular flexibility index (Phi) is 2.45. The number of hydrogen-bond donors (Lipinski definition) is 2. The first-order valence-electron chi connectivity index (χ1n) is 3.54. The molecule has 1 fully saturated rings. The summed E-state index contributed by atoms with van der Waals surface area (Å²) in [6.45, 7) is 1.87. The van der Waals surface area contributed by atoms with Crippen LogP contribution in [0.2, 0.25) is 0 Å². The second-order valence-corrected chi connectivity index (χ2v) is 2.76. The van der Waals surface area contributed by atoms with Gasteiger partial charge in [-0.05, 0) is 6.92 Å². The van der Waals surface area contributed by atoms with Crippen LogP contribution in [0.5, 0.6) is 0 Å². The summed E-state index contributed by atoms with van der Waals surface area (Å²) in [5.74, 6) is -0.596. The van der Waals surface area contributed by atoms with Gasteiger partial charge >= 0.3 is 0 Å². The molecule has 0 aromatic rings. The largest absolute Gasteiger partial charge is 0.389 e. The van der Waals surface area contributed by atoms with Crippen molar-refractivity contribution in [2.24, 2.45) is 5.92 Å². The summed E-state index contributed by atoms with van der Waals surface area (Å²) < 4.78 is 5.03. The predicted octanol–water partition coefficient (Wildman–Crippen LogP) is -0.733. The first kappa shape index (κ1) is 8.47. The maximum atomic E-state index is 9.26. The average molecular weight is 157 g/mol. The highest BCUT2D eigenvalue weighted by atomic mass is 16.5. The van der Waals surface area contributed by atoms with Gasteiger partial charge in [0.15, 0.2) is 0 Å². The van der Waals surface area contributed by atoms with Crippen molar-refractivity contribution in [2.75, 3.05) is 6.61 Å². The third-order valence-electron chi connectivity index (χ3n) is 1.95. The molecule has 1 heterocycles. The fourth-order valence-corrected chi connectivity index (χ4v) is 1.08. The molecule has 1 unspecified atom stereocenters. The molecule has 62 valence electrons. The van der Waals surface area contributed by atoms with Gasteiger partial charge in [0.25, 0.3) is 0 Å². The van der Waals surface area contributed by atoms with Crippen molar-refractivity contribution in [3.8, 4) is 6.07 Å². The Hall–Kier alpha value is -0.630. The van der Waals surface area contributed by atoms with E-state index in [1.54, 1.807) is 6.92 Å². The van der Waals surface area contributed by atoms with Gasteiger partial charge in [0, 0.05) is 0 Å². The Bertz CT molecular complexity index is 177. The molecule has 4 nitrogen and oxygen atoms in total. The van der Waals surface area contributed by atoms with E-state index in [1.165, 1.54) is 0 Å². The Morgan fingerprint density at radius 2 is 2.09 bits per heavy atom. The quantitative estimate of drug-likeness (QED) is 0.486. The summed E-state index contributed by atoms with van der Waals surface area (Å²) in [6.07, 6.45) is -2.29. The Balaban J connectivity index is 2.61. The van der Waals surface area contributed by atoms with E-state index in [1.807, 2.05) is 6.07 Å². The standard InChI is InChI=1S/C7H11NO3/c1-4-6(9)7(10)5(2-8)3-11-4/h4-7,9-10H,3H2,1H3/t4?,5-,6-,7-/m1/s1. The lowest BCUT2D eigenvalue weighted by atomic mass is 9.94. The fraction of sp³-hybridized carbons (Fsp3) is 0.857. The van der Waals surface area contributed by atoms with Gasteiger partial charge in [-0.1, -0.05) is 0 Å². The molecule has 11 heavy (non-hydrogen) atoms. The Labute approximate surface area is 65.0 Å². The smallest absolute Gasteiger partial charge is 0.107 e. The van der Waals surface area contributed by atoms with E-state index in [0.717, 1.165) is 0 Å². The van der Waals surface area contributed by atoms with Crippen molar-refractivity contribution < 1.29 is 14.9 Å². The van der Waals surface area contributed by atoms with Crippen molar-refractivity contribution in [3.05, 3.63) is 0 Å². The number of hydrogen-bond acceptors (Lipinski definition) is 4. The number of rotatable bonds is 0. The average Bonchev–Trinajstić information content (AvgIpc) is 2.01. The first-order valence-corrected chi connectivity index (χ1v) is 3.54. The summed E-state index contributed by atoms with van der Waals surface area (Å²) >= 11 is 0. The van der Waals surface area contributed by atoms with E-state index in [-0.39, 0.29) is 12.7 Å². The highest BCUT2D eigenvalue weighted by Crippen LogP contribution is 2.19. The van der Waals surface area contributed by atoms with Gasteiger partial charge in [-0.15, -0.1) is 0 Å². The molecular weight excluding hydrogens is 146 g/mol. The first-order chi connectivity index (χ1) is 5.16. The molecular formula is C7H11NO3. The summed E-state index contributed by atoms with van der Waals surface area (Å²) in [6, 6.07) is 1.87. The highest BCUT2D eigenvalue weighted by molar-refractivity contribution is 4.95. The minimum Gasteiger partial charge on any atom is -0.389 e. The minimum atomic E-state index is -0.969. The van der Waals surface area contributed by atoms with Crippen LogP contribution in [-0.4, -0.2) is 35.1 Å². The van der Waals surface area contributed by atoms with E-state index < -0.39 is 18.1 Å². The van der Waals surface area contributed by atoms with E-state index >= 15 is 0 Å². The van der Waals surface area contributed by atoms with Gasteiger partial charge < -0.3 is 14.9 Å². The summed E-state index contributed by atoms with van der Waals surface area (Å²) in [5, 5.41) is 26.9. The molecule has 1 aliphatic heterocycles. The number of aliphatic hydroxyl groups excluding tert-OH is 2. The second kappa shape index (κ2) is 3.18. The molecule has 0 amide bonds. The third kappa shape index (κ3) is 1.51. The lowest BCUT2D eigenvalue weighted by Gasteiger charge is -2.32. The monoisotopic (exact) mass is 157 g/mol. The summed E-state index contributed by atoms with van der Waals surface area (Å²) in [4.78, 5) is 0. The molecule has 0 aromatic carbocycles. The van der Waals surface area contributed by atoms with E-state index in [9.17, 15) is 10.2 Å². The molecule has 1 aliphatic rings. The molecule has 1 rings (SSSR count). The zero-order valence-electron chi connectivity index (χ0n) is 6.27. The molecule has 0 aliphatic carbocycles. The molecule has 1 saturated heterocycles. The van der Waals surface area contributed by atoms with Gasteiger partial charge in [-0.25, -0.2) is 0 Å². The zero-order valence-corrected chi connectivity index (χ0v) is 6.27. The number of ether oxygens (including phenoxy) is 1. The highest BCUT2D eigenvalue weighted by Gasteiger charge is 2.35. The molecule has 2 N–H and O–H groups in total. The lowest BCUT2D eigenvalue weighted by molar-refractivity contribution is -0.145. The van der Waals surface area contributed by atoms with Crippen molar-refractivity contribution >= 4 is 0 Å². The van der Waals surface area contributed by atoms with Gasteiger partial charge in [-0.3, -0.25) is 0 Å². The van der Waals surface area contributed by atoms with Gasteiger partial charge in [0.1, 0.15) is 12.2 Å². The van der Waals surface area contributed by atoms with Crippen LogP contribution in [0, 0.1) is 17.2 Å². The SMILES string of the molecule is CC1OC[C@@H](C#N)[C@@H](O)[C@@H]1O. The van der Waals surface area contributed by atoms with Crippen LogP contribution >= 0.6 is 0 Å². The van der Waals surface area contributed by atoms with Crippen LogP contribution < -0.4 is 0 Å². The van der Waals surface area contributed by atoms with E-state index in [2.05, 4.69) is 0 Å². The van der Waals surface area contributed by atoms with Crippen molar-refractivity contribution in [2.45, 2.75) is 25.2 Å². The van der Waals surface area contributed by atoms with E-state index in [0.29, 0.717) is 0 Å². The van der Waals surface area contributed by atoms with Gasteiger partial charge in [0.2, 0.25) is 0 Å². The number of nitrogens with zero attached hydrogens (tertiary/aromatic N) is 1. The predicted molar refractivity (Wildman–Crippen MR) is 36.5 cm³/mol. The van der Waals surface area contributed by atoms with Crippen molar-refractivity contribution in [3.63, 3.8) is 0 Å². The lowest BCUT2D eigenvalue weighted by Crippen LogP contribution is -2.48. The van der Waals surface area contributed by atoms with E-state index in [4.69, 9.17) is 10.00 Å². The summed E-state index contributed by atoms with van der Waals surface area (Å²) in [7, 11) is 0. The van der Waals surface area contributed by atoms with Crippen molar-refractivity contribution in [1.29, 1.82) is 5.26 Å². The number of aliphatic hydroxyl groups is 2. The second-order valence-electron chi connectivity index (χ2n) is 2.76. The normalized spacial score (nSPS) is 44.9. The summed E-state index contributed by atoms with van der Waals surface area (Å²) in [5.41, 5.74) is 0. The van der Waals surface area contributed by atoms with Crippen LogP contribution in [0.15, 0.2) is 0 Å². The number of nitriles is 1. The van der Waals surface area contributed by atoms with Crippen LogP contribution in [-0.2, 0) is 4.74 Å². The molecule has 0 saturated carbocycles. The van der Waals surface area contributed by atoms with Crippen LogP contribution in [0.1, 0.15) is 6.92 Å². The minimum absolute atomic E-state index is 0.204. The fourth-order valence-electron chi connectivity index (χ4n) is 1.08. The maximum absolute atomic E-state index is 9.26. The molecule has 0 bridgehead atoms. The Morgan fingerprint density at radius 1 is 1.45 bits per heavy atom. The van der Waals surface area contributed by atoms with Crippen molar-refractivity contribution in [1.82, 2.24) is 0 Å². The molecule has 4 heteroatoms. The molecule has 0 spiro atoms. The zero-order chi connectivity index (χ0) is 8.43. The maximum Gasteiger partial charge on any atom is 0.107 e. The molecule has 4 atom stereocenters. The Morgan fingerprint density at radius 3 is 2.64 bits per heavy atom. The van der Waals surface area contributed by atoms with Crippen LogP contribution in [0.3, 0.4) is 0 Å². The van der Waals surface area contributed by atoms with Gasteiger partial charge in [-0.2, -0.15) is 5.26 Å². The topological polar surface area (TPSA) is 73.5 Å². The van der Waals surface area contributed by atoms with Gasteiger partial charge in [0.05, 0.1) is 24.7 Å². The molecule has 0 radical (unpaired) electrons.